The molecule has 2 N–H and O–H groups in total. The Morgan fingerprint density at radius 2 is 1.56 bits per heavy atom. The standard InChI is InChI=1S/C4H10N2O.2ClH/c7-6-3-1-5-2-4-6;;/h5,7H,1-4H2;2*1H. The highest BCUT2D eigenvalue weighted by Gasteiger charge is 2.03. The van der Waals surface area contributed by atoms with Crippen molar-refractivity contribution in [1.82, 2.24) is 10.4 Å². The molecule has 9 heavy (non-hydrogen) atoms. The first-order valence-electron chi connectivity index (χ1n) is 2.54. The van der Waals surface area contributed by atoms with E-state index in [0.29, 0.717) is 0 Å². The number of halogens is 2. The zero-order valence-electron chi connectivity index (χ0n) is 5.04. The highest BCUT2D eigenvalue weighted by molar-refractivity contribution is 5.85. The minimum absolute atomic E-state index is 0. The quantitative estimate of drug-likeness (QED) is 0.549. The summed E-state index contributed by atoms with van der Waals surface area (Å²) >= 11 is 0. The molecule has 0 spiro atoms. The molecule has 0 atom stereocenters. The average Bonchev–Trinajstić information content (AvgIpc) is 1.69. The van der Waals surface area contributed by atoms with Crippen LogP contribution in [0.5, 0.6) is 0 Å². The van der Waals surface area contributed by atoms with Gasteiger partial charge in [0.2, 0.25) is 0 Å². The molecule has 1 rings (SSSR count). The summed E-state index contributed by atoms with van der Waals surface area (Å²) in [6, 6.07) is 0. The number of hydrogen-bond acceptors (Lipinski definition) is 3. The lowest BCUT2D eigenvalue weighted by molar-refractivity contribution is -0.0976. The number of nitrogens with zero attached hydrogens (tertiary/aromatic N) is 1. The van der Waals surface area contributed by atoms with Gasteiger partial charge >= 0.3 is 0 Å². The molecule has 1 fully saturated rings. The highest BCUT2D eigenvalue weighted by atomic mass is 35.5. The predicted molar refractivity (Wildman–Crippen MR) is 40.7 cm³/mol. The van der Waals surface area contributed by atoms with E-state index in [4.69, 9.17) is 5.21 Å². The Bertz CT molecular complexity index is 58.5. The first kappa shape index (κ1) is 12.2. The topological polar surface area (TPSA) is 35.5 Å². The Morgan fingerprint density at radius 3 is 1.78 bits per heavy atom. The van der Waals surface area contributed by atoms with Gasteiger partial charge in [0.1, 0.15) is 0 Å². The Balaban J connectivity index is 0. The molecule has 58 valence electrons. The van der Waals surface area contributed by atoms with Gasteiger partial charge in [-0.05, 0) is 0 Å². The van der Waals surface area contributed by atoms with Crippen molar-refractivity contribution in [3.63, 3.8) is 0 Å². The molecular weight excluding hydrogens is 163 g/mol. The van der Waals surface area contributed by atoms with Crippen LogP contribution in [-0.4, -0.2) is 36.4 Å². The first-order valence-corrected chi connectivity index (χ1v) is 2.54. The molecule has 0 aliphatic carbocycles. The van der Waals surface area contributed by atoms with E-state index in [9.17, 15) is 0 Å². The molecule has 1 aliphatic rings. The second-order valence-electron chi connectivity index (χ2n) is 1.70. The third-order valence-corrected chi connectivity index (χ3v) is 1.09. The maximum atomic E-state index is 8.70. The molecule has 3 nitrogen and oxygen atoms in total. The van der Waals surface area contributed by atoms with Crippen molar-refractivity contribution in [2.24, 2.45) is 0 Å². The SMILES string of the molecule is Cl.Cl.ON1CCNCC1. The van der Waals surface area contributed by atoms with E-state index in [1.54, 1.807) is 0 Å². The predicted octanol–water partition coefficient (Wildman–Crippen LogP) is 0.124. The van der Waals surface area contributed by atoms with E-state index >= 15 is 0 Å². The van der Waals surface area contributed by atoms with Gasteiger partial charge in [0.05, 0.1) is 0 Å². The molecule has 1 heterocycles. The van der Waals surface area contributed by atoms with Gasteiger partial charge < -0.3 is 10.5 Å². The summed E-state index contributed by atoms with van der Waals surface area (Å²) in [5, 5.41) is 13.1. The van der Waals surface area contributed by atoms with Crippen molar-refractivity contribution in [1.29, 1.82) is 0 Å². The van der Waals surface area contributed by atoms with Crippen LogP contribution >= 0.6 is 24.8 Å². The maximum Gasteiger partial charge on any atom is 0.0363 e. The van der Waals surface area contributed by atoms with Gasteiger partial charge in [0, 0.05) is 26.2 Å². The largest absolute Gasteiger partial charge is 0.314 e. The second kappa shape index (κ2) is 6.58. The minimum Gasteiger partial charge on any atom is -0.314 e. The fourth-order valence-electron chi connectivity index (χ4n) is 0.653. The fourth-order valence-corrected chi connectivity index (χ4v) is 0.653. The van der Waals surface area contributed by atoms with Crippen molar-refractivity contribution in [2.75, 3.05) is 26.2 Å². The summed E-state index contributed by atoms with van der Waals surface area (Å²) in [4.78, 5) is 0. The van der Waals surface area contributed by atoms with E-state index in [1.165, 1.54) is 5.06 Å². The van der Waals surface area contributed by atoms with E-state index in [-0.39, 0.29) is 24.8 Å². The zero-order valence-corrected chi connectivity index (χ0v) is 6.67. The van der Waals surface area contributed by atoms with Crippen molar-refractivity contribution >= 4 is 24.8 Å². The summed E-state index contributed by atoms with van der Waals surface area (Å²) in [7, 11) is 0. The number of rotatable bonds is 0. The number of nitrogens with one attached hydrogen (secondary N) is 1. The third-order valence-electron chi connectivity index (χ3n) is 1.09. The lowest BCUT2D eigenvalue weighted by Gasteiger charge is -2.19. The zero-order chi connectivity index (χ0) is 5.11. The van der Waals surface area contributed by atoms with E-state index in [1.807, 2.05) is 0 Å². The van der Waals surface area contributed by atoms with Gasteiger partial charge in [-0.15, -0.1) is 24.8 Å². The molecule has 0 aromatic heterocycles. The fraction of sp³-hybridized carbons (Fsp3) is 1.00. The molecular formula is C4H12Cl2N2O. The Labute approximate surface area is 67.2 Å². The normalized spacial score (nSPS) is 19.7. The van der Waals surface area contributed by atoms with Crippen molar-refractivity contribution in [2.45, 2.75) is 0 Å². The van der Waals surface area contributed by atoms with E-state index in [0.717, 1.165) is 26.2 Å². The van der Waals surface area contributed by atoms with Crippen molar-refractivity contribution in [3.8, 4) is 0 Å². The average molecular weight is 175 g/mol. The van der Waals surface area contributed by atoms with Crippen LogP contribution in [0.15, 0.2) is 0 Å². The summed E-state index contributed by atoms with van der Waals surface area (Å²) < 4.78 is 0. The highest BCUT2D eigenvalue weighted by Crippen LogP contribution is 1.82. The van der Waals surface area contributed by atoms with Crippen molar-refractivity contribution < 1.29 is 5.21 Å². The Morgan fingerprint density at radius 1 is 1.11 bits per heavy atom. The van der Waals surface area contributed by atoms with Crippen LogP contribution < -0.4 is 5.32 Å². The number of hydroxylamine groups is 2. The third kappa shape index (κ3) is 4.93. The van der Waals surface area contributed by atoms with Gasteiger partial charge in [-0.2, -0.15) is 5.06 Å². The Hall–Kier alpha value is 0.460. The molecule has 0 radical (unpaired) electrons. The first-order chi connectivity index (χ1) is 3.39. The summed E-state index contributed by atoms with van der Waals surface area (Å²) in [5.41, 5.74) is 0. The summed E-state index contributed by atoms with van der Waals surface area (Å²) in [5.74, 6) is 0. The summed E-state index contributed by atoms with van der Waals surface area (Å²) in [6.45, 7) is 3.35. The molecule has 0 bridgehead atoms. The van der Waals surface area contributed by atoms with Gasteiger partial charge in [-0.3, -0.25) is 0 Å². The number of hydrogen-bond donors (Lipinski definition) is 2. The lowest BCUT2D eigenvalue weighted by Crippen LogP contribution is -2.41. The van der Waals surface area contributed by atoms with Gasteiger partial charge in [-0.1, -0.05) is 0 Å². The van der Waals surface area contributed by atoms with Gasteiger partial charge in [0.15, 0.2) is 0 Å². The smallest absolute Gasteiger partial charge is 0.0363 e. The van der Waals surface area contributed by atoms with Crippen LogP contribution in [0.3, 0.4) is 0 Å². The second-order valence-corrected chi connectivity index (χ2v) is 1.70. The number of piperazine rings is 1. The molecule has 0 saturated carbocycles. The van der Waals surface area contributed by atoms with Crippen LogP contribution in [0, 0.1) is 0 Å². The van der Waals surface area contributed by atoms with Crippen molar-refractivity contribution in [3.05, 3.63) is 0 Å². The summed E-state index contributed by atoms with van der Waals surface area (Å²) in [6.07, 6.45) is 0. The van der Waals surface area contributed by atoms with Crippen LogP contribution in [0.2, 0.25) is 0 Å². The monoisotopic (exact) mass is 174 g/mol. The molecule has 5 heteroatoms. The van der Waals surface area contributed by atoms with Crippen LogP contribution in [-0.2, 0) is 0 Å². The lowest BCUT2D eigenvalue weighted by atomic mass is 10.4. The molecule has 1 saturated heterocycles. The maximum absolute atomic E-state index is 8.70. The molecule has 0 aromatic rings. The van der Waals surface area contributed by atoms with Crippen LogP contribution in [0.4, 0.5) is 0 Å². The molecule has 1 aliphatic heterocycles. The van der Waals surface area contributed by atoms with Gasteiger partial charge in [-0.25, -0.2) is 0 Å². The minimum atomic E-state index is 0. The van der Waals surface area contributed by atoms with E-state index in [2.05, 4.69) is 5.32 Å². The molecule has 0 aromatic carbocycles. The van der Waals surface area contributed by atoms with Crippen LogP contribution in [0.1, 0.15) is 0 Å². The Kier molecular flexibility index (Phi) is 8.89. The van der Waals surface area contributed by atoms with E-state index < -0.39 is 0 Å². The van der Waals surface area contributed by atoms with Crippen LogP contribution in [0.25, 0.3) is 0 Å². The molecule has 0 amide bonds. The molecule has 0 unspecified atom stereocenters. The van der Waals surface area contributed by atoms with Gasteiger partial charge in [0.25, 0.3) is 0 Å².